The number of fused-ring (bicyclic) bond motifs is 2. The van der Waals surface area contributed by atoms with Crippen LogP contribution in [0.15, 0.2) is 257 Å². The van der Waals surface area contributed by atoms with E-state index in [0.29, 0.717) is 101 Å². The molecule has 15 N–H and O–H groups in total. The number of benzene rings is 8. The Morgan fingerprint density at radius 1 is 0.429 bits per heavy atom. The smallest absolute Gasteiger partial charge is 0.314 e. The quantitative estimate of drug-likeness (QED) is 0.0229. The molecule has 14 aromatic rings. The molecule has 36 heteroatoms. The molecule has 8 aromatic carbocycles. The minimum absolute atomic E-state index is 0. The molecule has 4 saturated carbocycles. The third-order valence-electron chi connectivity index (χ3n) is 22.5. The van der Waals surface area contributed by atoms with Crippen molar-refractivity contribution in [3.8, 4) is 6.07 Å². The Morgan fingerprint density at radius 2 is 0.744 bits per heavy atom. The van der Waals surface area contributed by atoms with Gasteiger partial charge in [0.1, 0.15) is 29.4 Å². The maximum Gasteiger partial charge on any atom is 0.314 e. The number of H-pyrrole nitrogens is 2. The van der Waals surface area contributed by atoms with E-state index >= 15 is 0 Å². The first kappa shape index (κ1) is 104. The second-order valence-corrected chi connectivity index (χ2v) is 35.3. The molecule has 18 rings (SSSR count). The number of carbonyl (C=O) groups is 7. The first-order valence-electron chi connectivity index (χ1n) is 40.8. The molecule has 6 heterocycles. The molecule has 0 bridgehead atoms. The number of hydrogen-bond acceptors (Lipinski definition) is 17. The number of rotatable bonds is 17. The van der Waals surface area contributed by atoms with Crippen molar-refractivity contribution in [3.05, 3.63) is 338 Å². The van der Waals surface area contributed by atoms with Gasteiger partial charge in [0.05, 0.1) is 49.6 Å². The third kappa shape index (κ3) is 26.2. The average Bonchev–Trinajstić information content (AvgIpc) is 1.63. The average molecular weight is 2280 g/mol. The van der Waals surface area contributed by atoms with E-state index < -0.39 is 22.8 Å². The van der Waals surface area contributed by atoms with Crippen LogP contribution in [0.2, 0.25) is 20.1 Å². The van der Waals surface area contributed by atoms with Crippen molar-refractivity contribution >= 4 is 254 Å². The van der Waals surface area contributed by atoms with Gasteiger partial charge in [-0.1, -0.05) is 175 Å². The van der Waals surface area contributed by atoms with Crippen molar-refractivity contribution in [3.63, 3.8) is 0 Å². The van der Waals surface area contributed by atoms with E-state index in [9.17, 15) is 33.9 Å². The SMILES string of the molecule is C.CC(=O)O.CI.N#Cc1cnc2nc(C3(c4ccc(NC(=O)c5cccc(Cl)c5)cc4)CCC3)[nH]c2c1.Nc1cc(Br)cnc1N.Nc1ncc(Br)cc1NC(=O)C1(c2ccc(NC(=O)c3cccc(Cl)c3)cc2)CCC1.O=C(Nc1ccc(C2(C(=O)O)CCC2)cc1)c1cccc(Cl)c1.O=C(Nc1ccc(C2(c3nc4ncc(Br)cc4[nH]3)CCC2)cc1)c1cccc(Cl)c1.[B]I. The minimum atomic E-state index is -0.833. The van der Waals surface area contributed by atoms with Crippen LogP contribution in [0.3, 0.4) is 0 Å². The number of nitrogens with one attached hydrogen (secondary N) is 7. The molecular formula is C97H89BBr3Cl4I2N17O9. The van der Waals surface area contributed by atoms with Crippen LogP contribution in [0.25, 0.3) is 22.3 Å². The predicted octanol–water partition coefficient (Wildman–Crippen LogP) is 24.1. The highest BCUT2D eigenvalue weighted by Crippen LogP contribution is 2.51. The Kier molecular flexibility index (Phi) is 37.4. The zero-order chi connectivity index (χ0) is 95.0. The molecule has 4 aliphatic carbocycles. The van der Waals surface area contributed by atoms with Gasteiger partial charge < -0.3 is 64.0 Å². The molecular weight excluding hydrogens is 2190 g/mol. The van der Waals surface area contributed by atoms with Gasteiger partial charge in [-0.2, -0.15) is 27.6 Å². The van der Waals surface area contributed by atoms with Crippen molar-refractivity contribution in [1.29, 1.82) is 5.26 Å². The predicted molar refractivity (Wildman–Crippen MR) is 557 cm³/mol. The highest BCUT2D eigenvalue weighted by Gasteiger charge is 2.48. The van der Waals surface area contributed by atoms with Gasteiger partial charge in [0.25, 0.3) is 29.6 Å². The van der Waals surface area contributed by atoms with Crippen molar-refractivity contribution in [2.75, 3.05) is 48.7 Å². The second-order valence-electron chi connectivity index (χ2n) is 30.8. The lowest BCUT2D eigenvalue weighted by atomic mass is 9.63. The fourth-order valence-corrected chi connectivity index (χ4v) is 16.9. The number of carboxylic acid groups (broad SMARTS) is 2. The summed E-state index contributed by atoms with van der Waals surface area (Å²) in [7, 11) is 0. The first-order chi connectivity index (χ1) is 63.4. The van der Waals surface area contributed by atoms with Crippen LogP contribution in [0.1, 0.15) is 172 Å². The zero-order valence-electron chi connectivity index (χ0n) is 70.7. The van der Waals surface area contributed by atoms with Gasteiger partial charge in [-0.25, -0.2) is 29.9 Å². The molecule has 26 nitrogen and oxygen atoms in total. The fraction of sp³-hybridized carbons (Fsp3) is 0.196. The van der Waals surface area contributed by atoms with Crippen molar-refractivity contribution in [2.45, 2.75) is 113 Å². The van der Waals surface area contributed by atoms with E-state index in [1.54, 1.807) is 193 Å². The Hall–Kier alpha value is -11.4. The molecule has 0 saturated heterocycles. The van der Waals surface area contributed by atoms with Gasteiger partial charge in [-0.3, -0.25) is 33.6 Å². The number of alkyl halides is 1. The van der Waals surface area contributed by atoms with Crippen LogP contribution in [-0.4, -0.2) is 102 Å². The summed E-state index contributed by atoms with van der Waals surface area (Å²) < 4.78 is 2.50. The Labute approximate surface area is 841 Å². The lowest BCUT2D eigenvalue weighted by Gasteiger charge is -2.40. The number of aliphatic carboxylic acids is 2. The lowest BCUT2D eigenvalue weighted by molar-refractivity contribution is -0.147. The summed E-state index contributed by atoms with van der Waals surface area (Å²) in [5, 5.41) is 42.5. The molecule has 0 spiro atoms. The number of nitrogen functional groups attached to an aromatic ring is 3. The highest BCUT2D eigenvalue weighted by molar-refractivity contribution is 14.1. The summed E-state index contributed by atoms with van der Waals surface area (Å²) in [6, 6.07) is 66.9. The summed E-state index contributed by atoms with van der Waals surface area (Å²) in [5.74, 6) is -0.149. The van der Waals surface area contributed by atoms with E-state index in [0.717, 1.165) is 135 Å². The molecule has 0 atom stereocenters. The van der Waals surface area contributed by atoms with E-state index in [1.165, 1.54) is 11.8 Å². The Balaban J connectivity index is 0.000000174. The molecule has 682 valence electrons. The number of nitrogens with two attached hydrogens (primary N) is 3. The van der Waals surface area contributed by atoms with Gasteiger partial charge in [-0.15, -0.1) is 0 Å². The van der Waals surface area contributed by atoms with E-state index in [4.69, 9.17) is 88.7 Å². The number of pyridine rings is 4. The number of amides is 5. The monoisotopic (exact) mass is 2280 g/mol. The number of nitriles is 1. The number of imidazole rings is 2. The van der Waals surface area contributed by atoms with Gasteiger partial charge in [0.2, 0.25) is 5.91 Å². The fourth-order valence-electron chi connectivity index (χ4n) is 15.1. The number of carboxylic acids is 2. The maximum atomic E-state index is 13.2. The summed E-state index contributed by atoms with van der Waals surface area (Å²) in [6.07, 6.45) is 17.5. The zero-order valence-corrected chi connectivity index (χ0v) is 82.8. The van der Waals surface area contributed by atoms with Crippen LogP contribution in [-0.2, 0) is 36.0 Å². The number of anilines is 8. The topological polar surface area (TPSA) is 431 Å². The van der Waals surface area contributed by atoms with Crippen LogP contribution < -0.4 is 43.8 Å². The first-order valence-corrected chi connectivity index (χ1v) is 48.1. The van der Waals surface area contributed by atoms with Crippen LogP contribution in [0.4, 0.5) is 45.8 Å². The van der Waals surface area contributed by atoms with E-state index in [1.807, 2.05) is 59.5 Å². The lowest BCUT2D eigenvalue weighted by Crippen LogP contribution is -2.46. The maximum absolute atomic E-state index is 13.2. The molecule has 2 radical (unpaired) electrons. The Bertz CT molecular complexity index is 6550. The van der Waals surface area contributed by atoms with Gasteiger partial charge in [0.15, 0.2) is 17.0 Å². The normalized spacial score (nSPS) is 13.7. The minimum Gasteiger partial charge on any atom is -0.481 e. The number of carbonyl (C=O) groups excluding carboxylic acids is 5. The summed E-state index contributed by atoms with van der Waals surface area (Å²) in [5.41, 5.74) is 32.7. The molecule has 133 heavy (non-hydrogen) atoms. The van der Waals surface area contributed by atoms with Crippen LogP contribution >= 0.6 is 139 Å². The van der Waals surface area contributed by atoms with Crippen molar-refractivity contribution in [2.24, 2.45) is 0 Å². The summed E-state index contributed by atoms with van der Waals surface area (Å²) in [4.78, 5) is 118. The largest absolute Gasteiger partial charge is 0.481 e. The van der Waals surface area contributed by atoms with E-state index in [-0.39, 0.29) is 53.6 Å². The van der Waals surface area contributed by atoms with Gasteiger partial charge in [-0.05, 0) is 272 Å². The van der Waals surface area contributed by atoms with Crippen LogP contribution in [0.5, 0.6) is 0 Å². The van der Waals surface area contributed by atoms with Crippen molar-refractivity contribution in [1.82, 2.24) is 39.9 Å². The van der Waals surface area contributed by atoms with Crippen LogP contribution in [0, 0.1) is 11.3 Å². The number of halogens is 9. The third-order valence-corrected chi connectivity index (χ3v) is 24.8. The molecule has 4 fully saturated rings. The number of hydrogen-bond donors (Lipinski definition) is 12. The van der Waals surface area contributed by atoms with Gasteiger partial charge in [0, 0.05) is 110 Å². The van der Waals surface area contributed by atoms with Crippen molar-refractivity contribution < 1.29 is 43.8 Å². The number of nitrogens with zero attached hydrogens (tertiary/aromatic N) is 7. The molecule has 0 unspecified atom stereocenters. The molecule has 6 aromatic heterocycles. The highest BCUT2D eigenvalue weighted by atomic mass is 127. The molecule has 0 aliphatic heterocycles. The number of aromatic amines is 2. The standard InChI is InChI=1S/C24H18ClN5O.C23H20BrClN4O2.C23H18BrClN4O.C18H16ClNO3.C5H6BrN3.C2H4O2.CH3I.CH4.BI/c25-18-4-1-3-16(12-18)22(31)28-19-7-5-17(6-8-19)24(9-2-10-24)23-29-20-11-15(13-26)14-27-21(20)30-23;24-16-12-19(20(26)27-13-16)29-22(31)23(9-2-10-23)15-5-7-18(8-6-15)28-21(30)14-3-1-4-17(25)11-14;24-16-12-19-20(26-13-16)29-22(28-19)23(9-2-10-23)15-5-7-18(8-6-15)27-21(30)14-3-1-4-17(25)11-14;19-14-4-1-3-12(11-14)16(21)20-15-7-5-13(6-8-15)18(17(22)23)9-2-10-18;6-3-1-4(7)5(8)9-2-3;1-2(3)4;1-2;;1-2/h1,3-8,11-12,14H,2,9-10H2,(H,28,31)(H,27,29,30);1,3-8,11-13H,2,9-10H2,(H2,26,27)(H,28,30)(H,29,31);1,3-8,11-13H,2,9-10H2,(H,27,30)(H,26,28,29);1,3-8,11H,2,9-10H2,(H,20,21)(H,22,23);1-2H,7H2,(H2,8,9);1H3,(H,3,4);1H3;1H4;. The molecule has 4 aliphatic rings. The van der Waals surface area contributed by atoms with Gasteiger partial charge >= 0.3 is 5.97 Å². The number of aromatic nitrogens is 8. The van der Waals surface area contributed by atoms with E-state index in [2.05, 4.69) is 151 Å². The Morgan fingerprint density at radius 3 is 1.06 bits per heavy atom. The second kappa shape index (κ2) is 48.0. The molecule has 5 amide bonds. The summed E-state index contributed by atoms with van der Waals surface area (Å²) >= 11 is 37.6. The summed E-state index contributed by atoms with van der Waals surface area (Å²) in [6.45, 7) is 1.08.